The number of nitrogens with zero attached hydrogens (tertiary/aromatic N) is 1. The summed E-state index contributed by atoms with van der Waals surface area (Å²) < 4.78 is 0. The molecule has 1 nitrogen and oxygen atoms in total. The molecule has 0 unspecified atom stereocenters. The molecule has 0 aromatic rings. The van der Waals surface area contributed by atoms with Gasteiger partial charge in [0.2, 0.25) is 0 Å². The molecule has 0 fully saturated rings. The second-order valence-corrected chi connectivity index (χ2v) is 6.66. The summed E-state index contributed by atoms with van der Waals surface area (Å²) in [4.78, 5) is 2.12. The highest BCUT2D eigenvalue weighted by Crippen LogP contribution is 2.10. The van der Waals surface area contributed by atoms with Gasteiger partial charge in [-0.3, -0.25) is 0 Å². The maximum atomic E-state index is 2.28. The number of hydrogen-bond acceptors (Lipinski definition) is 1. The van der Waals surface area contributed by atoms with Crippen LogP contribution in [0.15, 0.2) is 11.3 Å². The molecule has 0 aliphatic heterocycles. The fraction of sp³-hybridized carbons (Fsp3) is 0.900. The third-order valence-electron chi connectivity index (χ3n) is 4.10. The molecule has 0 aromatic heterocycles. The molecule has 0 amide bonds. The van der Waals surface area contributed by atoms with E-state index in [1.807, 2.05) is 0 Å². The van der Waals surface area contributed by atoms with Crippen molar-refractivity contribution in [3.63, 3.8) is 0 Å². The van der Waals surface area contributed by atoms with Crippen LogP contribution in [-0.4, -0.2) is 19.0 Å². The summed E-state index contributed by atoms with van der Waals surface area (Å²) in [7, 11) is 4.12. The van der Waals surface area contributed by atoms with Crippen molar-refractivity contribution < 1.29 is 0 Å². The number of allylic oxidation sites excluding steroid dienone is 2. The predicted octanol–water partition coefficient (Wildman–Crippen LogP) is 7.18. The van der Waals surface area contributed by atoms with Crippen LogP contribution < -0.4 is 0 Å². The lowest BCUT2D eigenvalue weighted by molar-refractivity contribution is 0.507. The zero-order valence-corrected chi connectivity index (χ0v) is 16.2. The molecule has 0 saturated carbocycles. The highest BCUT2D eigenvalue weighted by Gasteiger charge is 1.91. The van der Waals surface area contributed by atoms with Crippen molar-refractivity contribution in [1.29, 1.82) is 0 Å². The summed E-state index contributed by atoms with van der Waals surface area (Å²) in [6.07, 6.45) is 15.9. The lowest BCUT2D eigenvalue weighted by atomic mass is 10.1. The van der Waals surface area contributed by atoms with Gasteiger partial charge in [0, 0.05) is 19.8 Å². The Balaban J connectivity index is 0. The van der Waals surface area contributed by atoms with E-state index >= 15 is 0 Å². The Labute approximate surface area is 136 Å². The normalized spacial score (nSPS) is 9.86. The minimum absolute atomic E-state index is 1.35. The molecule has 0 aromatic carbocycles. The van der Waals surface area contributed by atoms with Gasteiger partial charge in [0.05, 0.1) is 0 Å². The Morgan fingerprint density at radius 3 is 1.00 bits per heavy atom. The molecule has 0 N–H and O–H groups in total. The Hall–Kier alpha value is -0.460. The summed E-state index contributed by atoms with van der Waals surface area (Å²) in [5, 5.41) is 0. The summed E-state index contributed by atoms with van der Waals surface area (Å²) in [6.45, 7) is 10.9. The molecule has 0 heterocycles. The van der Waals surface area contributed by atoms with E-state index in [4.69, 9.17) is 0 Å². The van der Waals surface area contributed by atoms with Gasteiger partial charge in [-0.05, 0) is 20.8 Å². The van der Waals surface area contributed by atoms with Crippen molar-refractivity contribution in [3.8, 4) is 0 Å². The van der Waals surface area contributed by atoms with E-state index in [9.17, 15) is 0 Å². The average Bonchev–Trinajstić information content (AvgIpc) is 2.45. The first-order chi connectivity index (χ1) is 9.97. The van der Waals surface area contributed by atoms with Crippen molar-refractivity contribution in [2.45, 2.75) is 105 Å². The third kappa shape index (κ3) is 19.5. The maximum Gasteiger partial charge on any atom is 0.00821 e. The van der Waals surface area contributed by atoms with E-state index in [-0.39, 0.29) is 0 Å². The average molecular weight is 298 g/mol. The number of unbranched alkanes of at least 4 members (excludes halogenated alkanes) is 10. The number of hydrogen-bond donors (Lipinski definition) is 0. The molecular formula is C20H43N. The van der Waals surface area contributed by atoms with Crippen molar-refractivity contribution in [2.24, 2.45) is 0 Å². The van der Waals surface area contributed by atoms with E-state index in [0.717, 1.165) is 0 Å². The Morgan fingerprint density at radius 1 is 0.571 bits per heavy atom. The minimum atomic E-state index is 1.35. The van der Waals surface area contributed by atoms with Crippen LogP contribution in [0.5, 0.6) is 0 Å². The largest absolute Gasteiger partial charge is 0.381 e. The predicted molar refractivity (Wildman–Crippen MR) is 99.9 cm³/mol. The summed E-state index contributed by atoms with van der Waals surface area (Å²) in [5.74, 6) is 0. The van der Waals surface area contributed by atoms with Crippen LogP contribution in [-0.2, 0) is 0 Å². The standard InChI is InChI=1S/C13H28.C7H15N/c1-3-5-7-9-11-13-12-10-8-6-4-2;1-6(2)7(3)8(4)5/h3-13H2,1-2H3;1-5H3. The van der Waals surface area contributed by atoms with Crippen molar-refractivity contribution >= 4 is 0 Å². The van der Waals surface area contributed by atoms with Gasteiger partial charge in [-0.2, -0.15) is 0 Å². The minimum Gasteiger partial charge on any atom is -0.381 e. The van der Waals surface area contributed by atoms with Crippen molar-refractivity contribution in [1.82, 2.24) is 4.90 Å². The summed E-state index contributed by atoms with van der Waals surface area (Å²) >= 11 is 0. The van der Waals surface area contributed by atoms with Crippen LogP contribution in [0.4, 0.5) is 0 Å². The maximum absolute atomic E-state index is 2.28. The Morgan fingerprint density at radius 2 is 0.857 bits per heavy atom. The molecule has 0 saturated heterocycles. The van der Waals surface area contributed by atoms with E-state index in [1.54, 1.807) is 0 Å². The first kappa shape index (κ1) is 22.8. The van der Waals surface area contributed by atoms with Crippen LogP contribution >= 0.6 is 0 Å². The zero-order valence-electron chi connectivity index (χ0n) is 16.2. The van der Waals surface area contributed by atoms with Crippen molar-refractivity contribution in [2.75, 3.05) is 14.1 Å². The summed E-state index contributed by atoms with van der Waals surface area (Å²) in [5.41, 5.74) is 2.74. The van der Waals surface area contributed by atoms with Crippen LogP contribution in [0.1, 0.15) is 105 Å². The highest BCUT2D eigenvalue weighted by atomic mass is 15.1. The second-order valence-electron chi connectivity index (χ2n) is 6.66. The van der Waals surface area contributed by atoms with E-state index < -0.39 is 0 Å². The quantitative estimate of drug-likeness (QED) is 0.365. The van der Waals surface area contributed by atoms with Crippen LogP contribution in [0.3, 0.4) is 0 Å². The summed E-state index contributed by atoms with van der Waals surface area (Å²) in [6, 6.07) is 0. The monoisotopic (exact) mass is 297 g/mol. The third-order valence-corrected chi connectivity index (χ3v) is 4.10. The van der Waals surface area contributed by atoms with Crippen LogP contribution in [0.2, 0.25) is 0 Å². The molecular weight excluding hydrogens is 254 g/mol. The van der Waals surface area contributed by atoms with Crippen LogP contribution in [0, 0.1) is 0 Å². The second kappa shape index (κ2) is 17.6. The van der Waals surface area contributed by atoms with E-state index in [2.05, 4.69) is 53.6 Å². The van der Waals surface area contributed by atoms with Crippen LogP contribution in [0.25, 0.3) is 0 Å². The molecule has 21 heavy (non-hydrogen) atoms. The molecule has 0 atom stereocenters. The molecule has 0 bridgehead atoms. The zero-order chi connectivity index (χ0) is 16.5. The Bertz CT molecular complexity index is 214. The molecule has 0 rings (SSSR count). The first-order valence-electron chi connectivity index (χ1n) is 9.28. The lowest BCUT2D eigenvalue weighted by Gasteiger charge is -2.13. The molecule has 0 radical (unpaired) electrons. The smallest absolute Gasteiger partial charge is 0.00821 e. The van der Waals surface area contributed by atoms with Gasteiger partial charge in [-0.15, -0.1) is 0 Å². The van der Waals surface area contributed by atoms with E-state index in [1.165, 1.54) is 81.9 Å². The molecule has 1 heteroatoms. The topological polar surface area (TPSA) is 3.24 Å². The fourth-order valence-corrected chi connectivity index (χ4v) is 2.18. The molecule has 0 aliphatic carbocycles. The Kier molecular flexibility index (Phi) is 19.1. The van der Waals surface area contributed by atoms with Gasteiger partial charge in [-0.25, -0.2) is 0 Å². The lowest BCUT2D eigenvalue weighted by Crippen LogP contribution is -2.08. The molecule has 0 aliphatic rings. The van der Waals surface area contributed by atoms with Gasteiger partial charge < -0.3 is 4.90 Å². The van der Waals surface area contributed by atoms with Gasteiger partial charge >= 0.3 is 0 Å². The first-order valence-corrected chi connectivity index (χ1v) is 9.28. The molecule has 0 spiro atoms. The van der Waals surface area contributed by atoms with Gasteiger partial charge in [0.1, 0.15) is 0 Å². The highest BCUT2D eigenvalue weighted by molar-refractivity contribution is 5.03. The van der Waals surface area contributed by atoms with Gasteiger partial charge in [0.15, 0.2) is 0 Å². The fourth-order valence-electron chi connectivity index (χ4n) is 2.18. The van der Waals surface area contributed by atoms with Gasteiger partial charge in [0.25, 0.3) is 0 Å². The van der Waals surface area contributed by atoms with E-state index in [0.29, 0.717) is 0 Å². The SMILES string of the molecule is CC(C)=C(C)N(C)C.CCCCCCCCCCCCC. The van der Waals surface area contributed by atoms with Gasteiger partial charge in [-0.1, -0.05) is 90.0 Å². The number of rotatable bonds is 11. The van der Waals surface area contributed by atoms with Crippen molar-refractivity contribution in [3.05, 3.63) is 11.3 Å². The molecule has 128 valence electrons.